The molecule has 1 aromatic rings. The Morgan fingerprint density at radius 2 is 1.65 bits per heavy atom. The molecule has 1 rings (SSSR count). The van der Waals surface area contributed by atoms with Gasteiger partial charge >= 0.3 is 0 Å². The van der Waals surface area contributed by atoms with Crippen molar-refractivity contribution in [1.82, 2.24) is 5.32 Å². The van der Waals surface area contributed by atoms with Crippen molar-refractivity contribution in [2.75, 3.05) is 6.54 Å². The summed E-state index contributed by atoms with van der Waals surface area (Å²) >= 11 is 12.2. The van der Waals surface area contributed by atoms with Gasteiger partial charge in [-0.25, -0.2) is 0 Å². The topological polar surface area (TPSA) is 12.0 Å². The molecule has 0 radical (unpaired) electrons. The zero-order valence-electron chi connectivity index (χ0n) is 11.2. The molecule has 0 aromatic heterocycles. The SMILES string of the molecule is CC(C)(C)NCC(C)(C)c1ccc(Cl)cc1Cl. The Bertz CT molecular complexity index is 392. The van der Waals surface area contributed by atoms with Crippen molar-refractivity contribution in [2.24, 2.45) is 0 Å². The second kappa shape index (κ2) is 5.17. The van der Waals surface area contributed by atoms with E-state index < -0.39 is 0 Å². The first-order valence-electron chi connectivity index (χ1n) is 5.82. The molecule has 0 saturated heterocycles. The predicted octanol–water partition coefficient (Wildman–Crippen LogP) is 4.66. The van der Waals surface area contributed by atoms with Gasteiger partial charge in [0.25, 0.3) is 0 Å². The van der Waals surface area contributed by atoms with E-state index in [4.69, 9.17) is 23.2 Å². The van der Waals surface area contributed by atoms with E-state index >= 15 is 0 Å². The van der Waals surface area contributed by atoms with Gasteiger partial charge in [0.2, 0.25) is 0 Å². The first kappa shape index (κ1) is 14.8. The normalized spacial score (nSPS) is 12.9. The molecule has 0 saturated carbocycles. The third-order valence-electron chi connectivity index (χ3n) is 2.72. The molecule has 1 N–H and O–H groups in total. The smallest absolute Gasteiger partial charge is 0.0458 e. The van der Waals surface area contributed by atoms with Gasteiger partial charge in [-0.05, 0) is 38.5 Å². The number of nitrogens with one attached hydrogen (secondary N) is 1. The van der Waals surface area contributed by atoms with Gasteiger partial charge in [0.1, 0.15) is 0 Å². The highest BCUT2D eigenvalue weighted by Crippen LogP contribution is 2.31. The Labute approximate surface area is 115 Å². The Hall–Kier alpha value is -0.240. The lowest BCUT2D eigenvalue weighted by Gasteiger charge is -2.31. The molecule has 17 heavy (non-hydrogen) atoms. The molecule has 0 aliphatic rings. The van der Waals surface area contributed by atoms with Gasteiger partial charge in [0, 0.05) is 27.5 Å². The van der Waals surface area contributed by atoms with E-state index in [1.54, 1.807) is 6.07 Å². The lowest BCUT2D eigenvalue weighted by atomic mass is 9.84. The molecule has 0 atom stereocenters. The largest absolute Gasteiger partial charge is 0.311 e. The van der Waals surface area contributed by atoms with E-state index in [0.717, 1.165) is 17.1 Å². The lowest BCUT2D eigenvalue weighted by Crippen LogP contribution is -2.43. The molecule has 3 heteroatoms. The number of benzene rings is 1. The van der Waals surface area contributed by atoms with Gasteiger partial charge < -0.3 is 5.32 Å². The first-order chi connectivity index (χ1) is 7.62. The number of hydrogen-bond acceptors (Lipinski definition) is 1. The molecule has 0 bridgehead atoms. The highest BCUT2D eigenvalue weighted by atomic mass is 35.5. The Morgan fingerprint density at radius 1 is 1.06 bits per heavy atom. The molecule has 0 amide bonds. The molecule has 0 aliphatic heterocycles. The zero-order valence-corrected chi connectivity index (χ0v) is 12.7. The molecule has 0 spiro atoms. The van der Waals surface area contributed by atoms with Crippen LogP contribution in [0.4, 0.5) is 0 Å². The highest BCUT2D eigenvalue weighted by Gasteiger charge is 2.25. The fourth-order valence-electron chi connectivity index (χ4n) is 1.62. The highest BCUT2D eigenvalue weighted by molar-refractivity contribution is 6.35. The summed E-state index contributed by atoms with van der Waals surface area (Å²) in [6, 6.07) is 5.70. The van der Waals surface area contributed by atoms with Crippen LogP contribution in [0, 0.1) is 0 Å². The third-order valence-corrected chi connectivity index (χ3v) is 3.27. The van der Waals surface area contributed by atoms with Gasteiger partial charge in [-0.15, -0.1) is 0 Å². The van der Waals surface area contributed by atoms with Crippen molar-refractivity contribution >= 4 is 23.2 Å². The summed E-state index contributed by atoms with van der Waals surface area (Å²) in [5.74, 6) is 0. The minimum atomic E-state index is -0.0189. The maximum atomic E-state index is 6.25. The molecule has 0 heterocycles. The van der Waals surface area contributed by atoms with Crippen molar-refractivity contribution in [1.29, 1.82) is 0 Å². The van der Waals surface area contributed by atoms with Gasteiger partial charge in [0.05, 0.1) is 0 Å². The molecule has 1 aromatic carbocycles. The van der Waals surface area contributed by atoms with Crippen LogP contribution in [0.25, 0.3) is 0 Å². The quantitative estimate of drug-likeness (QED) is 0.845. The molecule has 0 fully saturated rings. The van der Waals surface area contributed by atoms with E-state index in [1.165, 1.54) is 0 Å². The van der Waals surface area contributed by atoms with Crippen LogP contribution in [-0.4, -0.2) is 12.1 Å². The van der Waals surface area contributed by atoms with E-state index in [2.05, 4.69) is 39.9 Å². The zero-order chi connectivity index (χ0) is 13.3. The molecule has 0 unspecified atom stereocenters. The summed E-state index contributed by atoms with van der Waals surface area (Å²) in [6.07, 6.45) is 0. The second-order valence-corrected chi connectivity index (χ2v) is 6.96. The number of hydrogen-bond donors (Lipinski definition) is 1. The van der Waals surface area contributed by atoms with Crippen LogP contribution in [-0.2, 0) is 5.41 Å². The average molecular weight is 274 g/mol. The van der Waals surface area contributed by atoms with E-state index in [1.807, 2.05) is 12.1 Å². The monoisotopic (exact) mass is 273 g/mol. The van der Waals surface area contributed by atoms with Crippen LogP contribution < -0.4 is 5.32 Å². The summed E-state index contributed by atoms with van der Waals surface area (Å²) < 4.78 is 0. The summed E-state index contributed by atoms with van der Waals surface area (Å²) in [4.78, 5) is 0. The maximum Gasteiger partial charge on any atom is 0.0458 e. The summed E-state index contributed by atoms with van der Waals surface area (Å²) in [5.41, 5.74) is 1.21. The fraction of sp³-hybridized carbons (Fsp3) is 0.571. The second-order valence-electron chi connectivity index (χ2n) is 6.11. The Kier molecular flexibility index (Phi) is 4.51. The van der Waals surface area contributed by atoms with Crippen molar-refractivity contribution < 1.29 is 0 Å². The lowest BCUT2D eigenvalue weighted by molar-refractivity contribution is 0.363. The average Bonchev–Trinajstić information content (AvgIpc) is 2.13. The summed E-state index contributed by atoms with van der Waals surface area (Å²) in [5, 5.41) is 4.92. The molecular weight excluding hydrogens is 253 g/mol. The fourth-order valence-corrected chi connectivity index (χ4v) is 2.28. The van der Waals surface area contributed by atoms with Crippen molar-refractivity contribution in [3.63, 3.8) is 0 Å². The molecule has 1 nitrogen and oxygen atoms in total. The van der Waals surface area contributed by atoms with Gasteiger partial charge in [-0.1, -0.05) is 43.1 Å². The van der Waals surface area contributed by atoms with Crippen LogP contribution in [0.3, 0.4) is 0 Å². The molecular formula is C14H21Cl2N. The standard InChI is InChI=1S/C14H21Cl2N/c1-13(2,3)17-9-14(4,5)11-7-6-10(15)8-12(11)16/h6-8,17H,9H2,1-5H3. The van der Waals surface area contributed by atoms with Crippen LogP contribution in [0.15, 0.2) is 18.2 Å². The third kappa shape index (κ3) is 4.50. The Morgan fingerprint density at radius 3 is 2.12 bits per heavy atom. The van der Waals surface area contributed by atoms with Crippen LogP contribution in [0.5, 0.6) is 0 Å². The van der Waals surface area contributed by atoms with Crippen molar-refractivity contribution in [3.05, 3.63) is 33.8 Å². The minimum Gasteiger partial charge on any atom is -0.311 e. The summed E-state index contributed by atoms with van der Waals surface area (Å²) in [6.45, 7) is 11.7. The summed E-state index contributed by atoms with van der Waals surface area (Å²) in [7, 11) is 0. The maximum absolute atomic E-state index is 6.25. The van der Waals surface area contributed by atoms with Gasteiger partial charge in [-0.2, -0.15) is 0 Å². The van der Waals surface area contributed by atoms with Gasteiger partial charge in [0.15, 0.2) is 0 Å². The van der Waals surface area contributed by atoms with Crippen molar-refractivity contribution in [3.8, 4) is 0 Å². The van der Waals surface area contributed by atoms with Crippen LogP contribution in [0.2, 0.25) is 10.0 Å². The van der Waals surface area contributed by atoms with E-state index in [0.29, 0.717) is 5.02 Å². The molecule has 96 valence electrons. The first-order valence-corrected chi connectivity index (χ1v) is 6.58. The predicted molar refractivity (Wildman–Crippen MR) is 77.2 cm³/mol. The van der Waals surface area contributed by atoms with Crippen LogP contribution in [0.1, 0.15) is 40.2 Å². The Balaban J connectivity index is 2.89. The van der Waals surface area contributed by atoms with Crippen molar-refractivity contribution in [2.45, 2.75) is 45.6 Å². The molecule has 0 aliphatic carbocycles. The minimum absolute atomic E-state index is 0.0189. The number of rotatable bonds is 3. The van der Waals surface area contributed by atoms with Crippen LogP contribution >= 0.6 is 23.2 Å². The van der Waals surface area contributed by atoms with Gasteiger partial charge in [-0.3, -0.25) is 0 Å². The number of halogens is 2. The van der Waals surface area contributed by atoms with E-state index in [-0.39, 0.29) is 11.0 Å². The van der Waals surface area contributed by atoms with E-state index in [9.17, 15) is 0 Å².